The maximum Gasteiger partial charge on any atom is 0.0897 e. The van der Waals surface area contributed by atoms with E-state index in [0.29, 0.717) is 25.3 Å². The third-order valence-electron chi connectivity index (χ3n) is 3.98. The highest BCUT2D eigenvalue weighted by molar-refractivity contribution is 4.67. The van der Waals surface area contributed by atoms with E-state index in [1.54, 1.807) is 0 Å². The minimum atomic E-state index is -0.383. The van der Waals surface area contributed by atoms with Crippen molar-refractivity contribution in [2.24, 2.45) is 0 Å². The number of aliphatic hydroxyl groups excluding tert-OH is 1. The fourth-order valence-corrected chi connectivity index (χ4v) is 2.32. The number of ether oxygens (including phenoxy) is 1. The van der Waals surface area contributed by atoms with Crippen molar-refractivity contribution in [2.75, 3.05) is 33.3 Å². The van der Waals surface area contributed by atoms with Crippen molar-refractivity contribution >= 4 is 0 Å². The monoisotopic (exact) mass is 272 g/mol. The Labute approximate surface area is 118 Å². The predicted molar refractivity (Wildman–Crippen MR) is 79.5 cm³/mol. The molecule has 1 atom stereocenters. The van der Waals surface area contributed by atoms with Gasteiger partial charge >= 0.3 is 0 Å². The maximum atomic E-state index is 9.85. The van der Waals surface area contributed by atoms with Gasteiger partial charge in [-0.3, -0.25) is 0 Å². The molecule has 0 aliphatic heterocycles. The van der Waals surface area contributed by atoms with Crippen LogP contribution in [-0.4, -0.2) is 61.5 Å². The second kappa shape index (κ2) is 9.70. The van der Waals surface area contributed by atoms with Gasteiger partial charge in [-0.05, 0) is 33.7 Å². The summed E-state index contributed by atoms with van der Waals surface area (Å²) in [7, 11) is 2.12. The zero-order valence-electron chi connectivity index (χ0n) is 12.9. The molecule has 0 aromatic carbocycles. The lowest BCUT2D eigenvalue weighted by Crippen LogP contribution is -2.38. The Kier molecular flexibility index (Phi) is 8.62. The van der Waals surface area contributed by atoms with Gasteiger partial charge in [0, 0.05) is 25.7 Å². The molecule has 0 aromatic rings. The molecule has 114 valence electrons. The predicted octanol–water partition coefficient (Wildman–Crippen LogP) is 1.63. The highest BCUT2D eigenvalue weighted by Crippen LogP contribution is 2.20. The Morgan fingerprint density at radius 2 is 1.95 bits per heavy atom. The van der Waals surface area contributed by atoms with Gasteiger partial charge in [-0.1, -0.05) is 19.3 Å². The zero-order chi connectivity index (χ0) is 14.1. The van der Waals surface area contributed by atoms with Gasteiger partial charge in [0.05, 0.1) is 18.8 Å². The number of hydrogen-bond acceptors (Lipinski definition) is 4. The molecular formula is C15H32N2O2. The van der Waals surface area contributed by atoms with Crippen molar-refractivity contribution in [3.63, 3.8) is 0 Å². The van der Waals surface area contributed by atoms with Gasteiger partial charge < -0.3 is 20.1 Å². The molecule has 0 radical (unpaired) electrons. The number of hydrogen-bond donors (Lipinski definition) is 2. The van der Waals surface area contributed by atoms with Crippen molar-refractivity contribution in [1.82, 2.24) is 10.2 Å². The van der Waals surface area contributed by atoms with E-state index in [2.05, 4.69) is 31.1 Å². The second-order valence-electron chi connectivity index (χ2n) is 6.03. The smallest absolute Gasteiger partial charge is 0.0897 e. The van der Waals surface area contributed by atoms with Crippen LogP contribution in [0.1, 0.15) is 46.0 Å². The molecule has 0 spiro atoms. The third kappa shape index (κ3) is 7.88. The van der Waals surface area contributed by atoms with Crippen molar-refractivity contribution < 1.29 is 9.84 Å². The lowest BCUT2D eigenvalue weighted by atomic mass is 9.98. The average molecular weight is 272 g/mol. The number of likely N-dealkylation sites (N-methyl/N-ethyl adjacent to an activating group) is 1. The molecule has 4 nitrogen and oxygen atoms in total. The van der Waals surface area contributed by atoms with E-state index in [-0.39, 0.29) is 6.10 Å². The van der Waals surface area contributed by atoms with Crippen LogP contribution in [0.5, 0.6) is 0 Å². The molecule has 1 rings (SSSR count). The Hall–Kier alpha value is -0.160. The largest absolute Gasteiger partial charge is 0.389 e. The van der Waals surface area contributed by atoms with Crippen molar-refractivity contribution in [3.05, 3.63) is 0 Å². The molecule has 19 heavy (non-hydrogen) atoms. The second-order valence-corrected chi connectivity index (χ2v) is 6.03. The molecule has 1 aliphatic rings. The van der Waals surface area contributed by atoms with Crippen LogP contribution in [-0.2, 0) is 4.74 Å². The van der Waals surface area contributed by atoms with Gasteiger partial charge in [0.25, 0.3) is 0 Å². The van der Waals surface area contributed by atoms with Crippen LogP contribution in [0.3, 0.4) is 0 Å². The third-order valence-corrected chi connectivity index (χ3v) is 3.98. The van der Waals surface area contributed by atoms with Crippen LogP contribution in [0.15, 0.2) is 0 Å². The summed E-state index contributed by atoms with van der Waals surface area (Å²) in [5, 5.41) is 13.1. The summed E-state index contributed by atoms with van der Waals surface area (Å²) in [5.41, 5.74) is 0. The summed E-state index contributed by atoms with van der Waals surface area (Å²) in [6.45, 7) is 7.39. The summed E-state index contributed by atoms with van der Waals surface area (Å²) in [6, 6.07) is 0.571. The SMILES string of the molecule is CC(C)N(C)CCNCC(O)COC1CCCCC1. The number of aliphatic hydroxyl groups is 1. The van der Waals surface area contributed by atoms with Crippen molar-refractivity contribution in [3.8, 4) is 0 Å². The first-order valence-electron chi connectivity index (χ1n) is 7.80. The van der Waals surface area contributed by atoms with Crippen LogP contribution in [0.25, 0.3) is 0 Å². The van der Waals surface area contributed by atoms with Gasteiger partial charge in [-0.25, -0.2) is 0 Å². The van der Waals surface area contributed by atoms with E-state index in [0.717, 1.165) is 13.1 Å². The molecule has 1 saturated carbocycles. The lowest BCUT2D eigenvalue weighted by molar-refractivity contribution is -0.0230. The highest BCUT2D eigenvalue weighted by atomic mass is 16.5. The standard InChI is InChI=1S/C15H32N2O2/c1-13(2)17(3)10-9-16-11-14(18)12-19-15-7-5-4-6-8-15/h13-16,18H,4-12H2,1-3H3. The van der Waals surface area contributed by atoms with Crippen LogP contribution in [0, 0.1) is 0 Å². The summed E-state index contributed by atoms with van der Waals surface area (Å²) >= 11 is 0. The molecule has 0 aromatic heterocycles. The first-order chi connectivity index (χ1) is 9.09. The van der Waals surface area contributed by atoms with E-state index in [1.807, 2.05) is 0 Å². The van der Waals surface area contributed by atoms with Crippen LogP contribution >= 0.6 is 0 Å². The quantitative estimate of drug-likeness (QED) is 0.626. The molecular weight excluding hydrogens is 240 g/mol. The van der Waals surface area contributed by atoms with E-state index in [9.17, 15) is 5.11 Å². The number of nitrogens with zero attached hydrogens (tertiary/aromatic N) is 1. The van der Waals surface area contributed by atoms with E-state index < -0.39 is 0 Å². The molecule has 1 unspecified atom stereocenters. The van der Waals surface area contributed by atoms with E-state index in [1.165, 1.54) is 32.1 Å². The Balaban J connectivity index is 1.96. The minimum absolute atomic E-state index is 0.383. The molecule has 0 amide bonds. The first kappa shape index (κ1) is 16.9. The molecule has 0 bridgehead atoms. The molecule has 0 saturated heterocycles. The Bertz CT molecular complexity index is 218. The van der Waals surface area contributed by atoms with Gasteiger partial charge in [0.15, 0.2) is 0 Å². The van der Waals surface area contributed by atoms with Gasteiger partial charge in [-0.2, -0.15) is 0 Å². The summed E-state index contributed by atoms with van der Waals surface area (Å²) in [4.78, 5) is 2.29. The lowest BCUT2D eigenvalue weighted by Gasteiger charge is -2.24. The number of nitrogens with one attached hydrogen (secondary N) is 1. The maximum absolute atomic E-state index is 9.85. The summed E-state index contributed by atoms with van der Waals surface area (Å²) < 4.78 is 5.76. The topological polar surface area (TPSA) is 44.7 Å². The average Bonchev–Trinajstić information content (AvgIpc) is 2.42. The van der Waals surface area contributed by atoms with Crippen LogP contribution < -0.4 is 5.32 Å². The van der Waals surface area contributed by atoms with Crippen LogP contribution in [0.2, 0.25) is 0 Å². The van der Waals surface area contributed by atoms with Gasteiger partial charge in [-0.15, -0.1) is 0 Å². The normalized spacial score (nSPS) is 19.3. The molecule has 2 N–H and O–H groups in total. The fraction of sp³-hybridized carbons (Fsp3) is 1.00. The van der Waals surface area contributed by atoms with Gasteiger partial charge in [0.1, 0.15) is 0 Å². The Morgan fingerprint density at radius 1 is 1.26 bits per heavy atom. The Morgan fingerprint density at radius 3 is 2.58 bits per heavy atom. The highest BCUT2D eigenvalue weighted by Gasteiger charge is 2.15. The molecule has 1 aliphatic carbocycles. The first-order valence-corrected chi connectivity index (χ1v) is 7.80. The van der Waals surface area contributed by atoms with Crippen molar-refractivity contribution in [1.29, 1.82) is 0 Å². The molecule has 0 heterocycles. The van der Waals surface area contributed by atoms with E-state index >= 15 is 0 Å². The minimum Gasteiger partial charge on any atom is -0.389 e. The van der Waals surface area contributed by atoms with Crippen LogP contribution in [0.4, 0.5) is 0 Å². The fourth-order valence-electron chi connectivity index (χ4n) is 2.32. The molecule has 1 fully saturated rings. The summed E-state index contributed by atoms with van der Waals surface area (Å²) in [5.74, 6) is 0. The van der Waals surface area contributed by atoms with E-state index in [4.69, 9.17) is 4.74 Å². The number of rotatable bonds is 9. The zero-order valence-corrected chi connectivity index (χ0v) is 12.9. The van der Waals surface area contributed by atoms with Gasteiger partial charge in [0.2, 0.25) is 0 Å². The molecule has 4 heteroatoms. The van der Waals surface area contributed by atoms with Crippen molar-refractivity contribution in [2.45, 2.75) is 64.2 Å². The summed E-state index contributed by atoms with van der Waals surface area (Å²) in [6.07, 6.45) is 6.23.